The second-order valence-electron chi connectivity index (χ2n) is 7.86. The van der Waals surface area contributed by atoms with E-state index in [4.69, 9.17) is 19.5 Å². The summed E-state index contributed by atoms with van der Waals surface area (Å²) < 4.78 is 20.8. The summed E-state index contributed by atoms with van der Waals surface area (Å²) in [4.78, 5) is 51.5. The molecule has 0 bridgehead atoms. The first kappa shape index (κ1) is 26.7. The molecule has 0 radical (unpaired) electrons. The Morgan fingerprint density at radius 2 is 1.69 bits per heavy atom. The first-order valence-corrected chi connectivity index (χ1v) is 13.2. The van der Waals surface area contributed by atoms with E-state index in [1.807, 2.05) is 0 Å². The molecule has 0 spiro atoms. The van der Waals surface area contributed by atoms with Gasteiger partial charge in [-0.25, -0.2) is 15.0 Å². The monoisotopic (exact) mass is 544 g/mol. The van der Waals surface area contributed by atoms with Gasteiger partial charge in [-0.05, 0) is 0 Å². The third kappa shape index (κ3) is 5.83. The van der Waals surface area contributed by atoms with Crippen molar-refractivity contribution in [3.63, 3.8) is 0 Å². The molecule has 35 heavy (non-hydrogen) atoms. The number of rotatable bonds is 9. The Bertz CT molecular complexity index is 1030. The van der Waals surface area contributed by atoms with Crippen molar-refractivity contribution in [3.05, 3.63) is 12.7 Å². The molecule has 0 aliphatic carbocycles. The minimum Gasteiger partial charge on any atom is -0.389 e. The van der Waals surface area contributed by atoms with Crippen molar-refractivity contribution in [2.24, 2.45) is 0 Å². The van der Waals surface area contributed by atoms with Gasteiger partial charge in [-0.1, -0.05) is 0 Å². The van der Waals surface area contributed by atoms with Crippen LogP contribution < -0.4 is 11.1 Å². The summed E-state index contributed by atoms with van der Waals surface area (Å²) in [6.45, 7) is -1.23. The maximum Gasteiger partial charge on any atom is 0.620 e. The van der Waals surface area contributed by atoms with Gasteiger partial charge in [-0.3, -0.25) is 4.57 Å². The van der Waals surface area contributed by atoms with Gasteiger partial charge in [-0.2, -0.15) is 19.6 Å². The quantitative estimate of drug-likeness (QED) is 0.135. The molecule has 18 nitrogen and oxygen atoms in total. The Morgan fingerprint density at radius 3 is 2.34 bits per heavy atom. The van der Waals surface area contributed by atoms with Crippen molar-refractivity contribution in [1.29, 1.82) is 0 Å². The van der Waals surface area contributed by atoms with E-state index < -0.39 is 72.3 Å². The molecule has 2 aliphatic heterocycles. The van der Waals surface area contributed by atoms with Gasteiger partial charge >= 0.3 is 16.3 Å². The number of nitrogens with two attached hydrogens (primary N) is 1. The number of β-amino-alcohol motifs (C(OH)–C–C–N with tert-alkyl or cyclic N) is 1. The molecule has 7 atom stereocenters. The highest BCUT2D eigenvalue weighted by molar-refractivity contribution is 7.68. The molecular formula is C15H26N6O12P2+2. The Morgan fingerprint density at radius 1 is 1.00 bits per heavy atom. The number of ether oxygens (including phenoxy) is 1. The average Bonchev–Trinajstić information content (AvgIpc) is 3.43. The van der Waals surface area contributed by atoms with Gasteiger partial charge in [0.05, 0.1) is 28.9 Å². The minimum absolute atomic E-state index is 0.0458. The van der Waals surface area contributed by atoms with E-state index in [1.165, 1.54) is 17.2 Å². The van der Waals surface area contributed by atoms with Crippen LogP contribution in [0.1, 0.15) is 6.23 Å². The first-order valence-electron chi connectivity index (χ1n) is 10.1. The number of aliphatic hydroxyl groups is 4. The van der Waals surface area contributed by atoms with Gasteiger partial charge in [-0.15, -0.1) is 9.05 Å². The van der Waals surface area contributed by atoms with Crippen molar-refractivity contribution < 1.29 is 58.1 Å². The molecule has 0 amide bonds. The number of aromatic nitrogens is 4. The molecule has 2 saturated heterocycles. The van der Waals surface area contributed by atoms with E-state index >= 15 is 0 Å². The maximum absolute atomic E-state index is 10.4. The molecule has 2 aromatic rings. The third-order valence-electron chi connectivity index (χ3n) is 5.44. The summed E-state index contributed by atoms with van der Waals surface area (Å²) in [5.74, 6) is 0.0883. The maximum atomic E-state index is 10.4. The van der Waals surface area contributed by atoms with Gasteiger partial charge in [0.1, 0.15) is 43.4 Å². The van der Waals surface area contributed by atoms with E-state index in [9.17, 15) is 40.0 Å². The zero-order valence-corrected chi connectivity index (χ0v) is 19.6. The molecule has 2 fully saturated rings. The second-order valence-corrected chi connectivity index (χ2v) is 11.0. The number of nitrogens with one attached hydrogen (secondary N) is 1. The van der Waals surface area contributed by atoms with E-state index in [0.717, 1.165) is 0 Å². The minimum atomic E-state index is -4.91. The molecular weight excluding hydrogens is 518 g/mol. The third-order valence-corrected chi connectivity index (χ3v) is 8.11. The van der Waals surface area contributed by atoms with E-state index in [0.29, 0.717) is 0 Å². The molecule has 0 aromatic carbocycles. The molecule has 4 heterocycles. The fraction of sp³-hybridized carbons (Fsp3) is 0.667. The Hall–Kier alpha value is -1.31. The summed E-state index contributed by atoms with van der Waals surface area (Å²) >= 11 is 0. The largest absolute Gasteiger partial charge is 0.620 e. The van der Waals surface area contributed by atoms with Crippen LogP contribution in [0.2, 0.25) is 0 Å². The number of anilines is 1. The highest BCUT2D eigenvalue weighted by Gasteiger charge is 2.61. The molecule has 0 unspecified atom stereocenters. The lowest BCUT2D eigenvalue weighted by Crippen LogP contribution is -2.37. The van der Waals surface area contributed by atoms with Crippen LogP contribution >= 0.6 is 16.3 Å². The van der Waals surface area contributed by atoms with Gasteiger partial charge in [0.25, 0.3) is 0 Å². The molecule has 4 rings (SSSR count). The predicted octanol–water partition coefficient (Wildman–Crippen LogP) is -3.90. The van der Waals surface area contributed by atoms with Crippen LogP contribution in [-0.4, -0.2) is 116 Å². The topological polar surface area (TPSA) is 280 Å². The summed E-state index contributed by atoms with van der Waals surface area (Å²) in [5, 5.41) is 42.6. The lowest BCUT2D eigenvalue weighted by Gasteiger charge is -2.17. The zero-order valence-electron chi connectivity index (χ0n) is 17.8. The Balaban J connectivity index is 1.33. The lowest BCUT2D eigenvalue weighted by molar-refractivity contribution is -0.0526. The van der Waals surface area contributed by atoms with Crippen LogP contribution in [0.25, 0.3) is 11.2 Å². The smallest absolute Gasteiger partial charge is 0.389 e. The normalized spacial score (nSPS) is 32.1. The van der Waals surface area contributed by atoms with Crippen molar-refractivity contribution in [2.45, 2.75) is 42.8 Å². The number of fused-ring (bicyclic) bond motifs is 1. The number of nitrogens with zero attached hydrogens (tertiary/aromatic N) is 4. The van der Waals surface area contributed by atoms with Crippen molar-refractivity contribution in [1.82, 2.24) is 24.8 Å². The van der Waals surface area contributed by atoms with Crippen molar-refractivity contribution >= 4 is 33.3 Å². The van der Waals surface area contributed by atoms with Gasteiger partial charge in [0.15, 0.2) is 17.7 Å². The standard InChI is InChI=1S/C15H26N6O12P2/c16-13-9-14(19-4-18-13)21(5-20-9)15-12(25)11(24)8(32-15)3-31-35(28,29)33-34(26,27)30-2-6-10(23)7(22)1-17-6/h4-8,10-12,15,17,22-29H,1-3H2,(H2,16,18,19)/q+2/t6-,7+,8-,10-,11-,12-,15-/m1/s1. The van der Waals surface area contributed by atoms with Crippen LogP contribution in [0.3, 0.4) is 0 Å². The van der Waals surface area contributed by atoms with Crippen LogP contribution in [0.5, 0.6) is 0 Å². The fourth-order valence-electron chi connectivity index (χ4n) is 3.63. The molecule has 0 saturated carbocycles. The highest BCUT2D eigenvalue weighted by Crippen LogP contribution is 2.69. The van der Waals surface area contributed by atoms with Gasteiger partial charge < -0.3 is 36.2 Å². The lowest BCUT2D eigenvalue weighted by atomic mass is 10.1. The molecule has 196 valence electrons. The Kier molecular flexibility index (Phi) is 7.81. The average molecular weight is 544 g/mol. The van der Waals surface area contributed by atoms with Crippen molar-refractivity contribution in [3.8, 4) is 0 Å². The molecule has 2 aliphatic rings. The predicted molar refractivity (Wildman–Crippen MR) is 115 cm³/mol. The number of nitrogen functional groups attached to an aromatic ring is 1. The van der Waals surface area contributed by atoms with E-state index in [-0.39, 0.29) is 23.5 Å². The van der Waals surface area contributed by atoms with E-state index in [2.05, 4.69) is 24.6 Å². The van der Waals surface area contributed by atoms with Crippen molar-refractivity contribution in [2.75, 3.05) is 25.5 Å². The van der Waals surface area contributed by atoms with Crippen LogP contribution in [0.15, 0.2) is 12.7 Å². The summed E-state index contributed by atoms with van der Waals surface area (Å²) in [6.07, 6.45) is -5.45. The van der Waals surface area contributed by atoms with Crippen LogP contribution in [-0.2, 0) is 18.1 Å². The number of hydrogen-bond acceptors (Lipinski definition) is 17. The summed E-state index contributed by atoms with van der Waals surface area (Å²) in [6, 6.07) is -0.862. The number of aliphatic hydroxyl groups excluding tert-OH is 4. The zero-order chi connectivity index (χ0) is 25.5. The number of imidazole rings is 1. The highest BCUT2D eigenvalue weighted by atomic mass is 31.3. The first-order chi connectivity index (χ1) is 16.4. The van der Waals surface area contributed by atoms with Crippen LogP contribution in [0.4, 0.5) is 5.82 Å². The fourth-order valence-corrected chi connectivity index (χ4v) is 5.81. The van der Waals surface area contributed by atoms with E-state index in [1.54, 1.807) is 0 Å². The molecule has 20 heteroatoms. The Labute approximate surface area is 197 Å². The number of hydrogen-bond donors (Lipinski definition) is 10. The van der Waals surface area contributed by atoms with Gasteiger partial charge in [0.2, 0.25) is 0 Å². The SMILES string of the molecule is Nc1ncnc2c1ncn2[C@@H]1O[C@H](CO[P+](O)(O)O[P+](O)(O)OC[C@H]2NC[C@H](O)[C@@H]2O)[C@@H](O)[C@H]1O. The molecule has 2 aromatic heterocycles. The second kappa shape index (κ2) is 10.2. The summed E-state index contributed by atoms with van der Waals surface area (Å²) in [7, 11) is -9.75. The summed E-state index contributed by atoms with van der Waals surface area (Å²) in [5.41, 5.74) is 6.19. The van der Waals surface area contributed by atoms with Gasteiger partial charge in [0, 0.05) is 6.54 Å². The van der Waals surface area contributed by atoms with Crippen LogP contribution in [0, 0.1) is 0 Å². The molecule has 11 N–H and O–H groups in total.